The largest absolute Gasteiger partial charge is 0.464 e. The summed E-state index contributed by atoms with van der Waals surface area (Å²) >= 11 is 0. The maximum absolute atomic E-state index is 13.0. The summed E-state index contributed by atoms with van der Waals surface area (Å²) in [6.45, 7) is 3.65. The van der Waals surface area contributed by atoms with Gasteiger partial charge in [0.15, 0.2) is 0 Å². The van der Waals surface area contributed by atoms with E-state index in [0.29, 0.717) is 17.8 Å². The van der Waals surface area contributed by atoms with E-state index in [1.165, 1.54) is 20.1 Å². The van der Waals surface area contributed by atoms with Gasteiger partial charge in [-0.25, -0.2) is 9.59 Å². The van der Waals surface area contributed by atoms with Gasteiger partial charge in [-0.1, -0.05) is 48.5 Å². The van der Waals surface area contributed by atoms with Crippen LogP contribution in [0.15, 0.2) is 60.3 Å². The Labute approximate surface area is 180 Å². The molecule has 0 radical (unpaired) electrons. The smallest absolute Gasteiger partial charge is 0.355 e. The molecule has 0 spiro atoms. The van der Waals surface area contributed by atoms with Gasteiger partial charge in [-0.3, -0.25) is 4.79 Å². The second-order valence-electron chi connectivity index (χ2n) is 6.80. The van der Waals surface area contributed by atoms with Crippen LogP contribution in [0.2, 0.25) is 0 Å². The van der Waals surface area contributed by atoms with Crippen molar-refractivity contribution in [2.24, 2.45) is 0 Å². The third-order valence-corrected chi connectivity index (χ3v) is 4.67. The van der Waals surface area contributed by atoms with Gasteiger partial charge in [-0.05, 0) is 24.6 Å². The lowest BCUT2D eigenvalue weighted by Crippen LogP contribution is -2.25. The van der Waals surface area contributed by atoms with Gasteiger partial charge in [-0.2, -0.15) is 0 Å². The lowest BCUT2D eigenvalue weighted by atomic mass is 10.1. The van der Waals surface area contributed by atoms with E-state index < -0.39 is 17.8 Å². The zero-order chi connectivity index (χ0) is 22.4. The molecule has 3 aromatic rings. The molecule has 1 aromatic heterocycles. The Hall–Kier alpha value is -3.87. The van der Waals surface area contributed by atoms with Crippen LogP contribution in [-0.2, 0) is 25.6 Å². The number of para-hydroxylation sites is 1. The van der Waals surface area contributed by atoms with Crippen LogP contribution in [0, 0.1) is 0 Å². The van der Waals surface area contributed by atoms with Crippen molar-refractivity contribution in [3.8, 4) is 0 Å². The van der Waals surface area contributed by atoms with E-state index in [-0.39, 0.29) is 12.3 Å². The molecule has 0 unspecified atom stereocenters. The normalized spacial score (nSPS) is 11.3. The van der Waals surface area contributed by atoms with Crippen molar-refractivity contribution in [2.75, 3.05) is 13.7 Å². The Morgan fingerprint density at radius 3 is 2.35 bits per heavy atom. The quantitative estimate of drug-likeness (QED) is 0.467. The van der Waals surface area contributed by atoms with Crippen molar-refractivity contribution in [3.05, 3.63) is 77.1 Å². The predicted molar refractivity (Wildman–Crippen MR) is 117 cm³/mol. The number of aromatic nitrogens is 1. The van der Waals surface area contributed by atoms with Crippen LogP contribution in [0.3, 0.4) is 0 Å². The first-order valence-corrected chi connectivity index (χ1v) is 9.86. The highest BCUT2D eigenvalue weighted by Gasteiger charge is 2.24. The average molecular weight is 420 g/mol. The van der Waals surface area contributed by atoms with E-state index in [0.717, 1.165) is 16.5 Å². The molecule has 7 nitrogen and oxygen atoms in total. The number of ether oxygens (including phenoxy) is 2. The summed E-state index contributed by atoms with van der Waals surface area (Å²) in [6, 6.07) is 17.2. The maximum Gasteiger partial charge on any atom is 0.355 e. The highest BCUT2D eigenvalue weighted by molar-refractivity contribution is 6.07. The predicted octanol–water partition coefficient (Wildman–Crippen LogP) is 3.52. The number of fused-ring (bicyclic) bond motifs is 1. The molecule has 1 heterocycles. The van der Waals surface area contributed by atoms with Gasteiger partial charge in [0, 0.05) is 29.9 Å². The third kappa shape index (κ3) is 4.83. The number of hydrogen-bond acceptors (Lipinski definition) is 5. The Kier molecular flexibility index (Phi) is 6.87. The number of carbonyl (C=O) groups excluding carboxylic acids is 3. The molecule has 0 aliphatic rings. The molecule has 0 bridgehead atoms. The SMILES string of the molecule is CCOC(=O)c1c(/C=C(/NC(C)=O)C(=O)OC)c2ccccc2n1Cc1ccccc1. The summed E-state index contributed by atoms with van der Waals surface area (Å²) in [7, 11) is 1.23. The topological polar surface area (TPSA) is 86.6 Å². The first-order chi connectivity index (χ1) is 15.0. The summed E-state index contributed by atoms with van der Waals surface area (Å²) in [4.78, 5) is 36.9. The fourth-order valence-electron chi connectivity index (χ4n) is 3.42. The number of nitrogens with one attached hydrogen (secondary N) is 1. The molecule has 0 saturated carbocycles. The molecule has 2 aromatic carbocycles. The Morgan fingerprint density at radius 2 is 1.71 bits per heavy atom. The van der Waals surface area contributed by atoms with Gasteiger partial charge in [0.05, 0.1) is 13.7 Å². The minimum atomic E-state index is -0.718. The van der Waals surface area contributed by atoms with Crippen molar-refractivity contribution < 1.29 is 23.9 Å². The molecule has 31 heavy (non-hydrogen) atoms. The van der Waals surface area contributed by atoms with Gasteiger partial charge < -0.3 is 19.4 Å². The lowest BCUT2D eigenvalue weighted by Gasteiger charge is -2.12. The van der Waals surface area contributed by atoms with Crippen molar-refractivity contribution in [1.82, 2.24) is 9.88 Å². The summed E-state index contributed by atoms with van der Waals surface area (Å²) in [6.07, 6.45) is 1.46. The van der Waals surface area contributed by atoms with Crippen LogP contribution < -0.4 is 5.32 Å². The number of nitrogens with zero attached hydrogens (tertiary/aromatic N) is 1. The Balaban J connectivity index is 2.30. The van der Waals surface area contributed by atoms with Crippen LogP contribution in [0.5, 0.6) is 0 Å². The summed E-state index contributed by atoms with van der Waals surface area (Å²) in [5.74, 6) is -1.67. The van der Waals surface area contributed by atoms with Crippen molar-refractivity contribution in [3.63, 3.8) is 0 Å². The van der Waals surface area contributed by atoms with Crippen molar-refractivity contribution in [2.45, 2.75) is 20.4 Å². The summed E-state index contributed by atoms with van der Waals surface area (Å²) in [5.41, 5.74) is 2.49. The van der Waals surface area contributed by atoms with E-state index in [9.17, 15) is 14.4 Å². The van der Waals surface area contributed by atoms with Gasteiger partial charge in [-0.15, -0.1) is 0 Å². The van der Waals surface area contributed by atoms with Crippen LogP contribution in [0.4, 0.5) is 0 Å². The summed E-state index contributed by atoms with van der Waals surface area (Å²) < 4.78 is 12.0. The molecule has 0 aliphatic carbocycles. The Morgan fingerprint density at radius 1 is 1.03 bits per heavy atom. The second-order valence-corrected chi connectivity index (χ2v) is 6.80. The molecule has 160 valence electrons. The fourth-order valence-corrected chi connectivity index (χ4v) is 3.42. The van der Waals surface area contributed by atoms with E-state index in [4.69, 9.17) is 9.47 Å². The van der Waals surface area contributed by atoms with Gasteiger partial charge in [0.2, 0.25) is 5.91 Å². The van der Waals surface area contributed by atoms with Gasteiger partial charge >= 0.3 is 11.9 Å². The van der Waals surface area contributed by atoms with Crippen LogP contribution >= 0.6 is 0 Å². The van der Waals surface area contributed by atoms with E-state index in [2.05, 4.69) is 5.32 Å². The maximum atomic E-state index is 13.0. The minimum Gasteiger partial charge on any atom is -0.464 e. The zero-order valence-electron chi connectivity index (χ0n) is 17.7. The first kappa shape index (κ1) is 21.8. The number of hydrogen-bond donors (Lipinski definition) is 1. The van der Waals surface area contributed by atoms with E-state index >= 15 is 0 Å². The molecule has 0 atom stereocenters. The van der Waals surface area contributed by atoms with Crippen molar-refractivity contribution >= 4 is 34.8 Å². The monoisotopic (exact) mass is 420 g/mol. The van der Waals surface area contributed by atoms with E-state index in [1.54, 1.807) is 6.92 Å². The number of methoxy groups -OCH3 is 1. The van der Waals surface area contributed by atoms with Gasteiger partial charge in [0.1, 0.15) is 11.4 Å². The minimum absolute atomic E-state index is 0.0665. The van der Waals surface area contributed by atoms with Crippen LogP contribution in [0.1, 0.15) is 35.5 Å². The molecule has 3 rings (SSSR count). The molecule has 1 amide bonds. The van der Waals surface area contributed by atoms with Crippen LogP contribution in [0.25, 0.3) is 17.0 Å². The molecular weight excluding hydrogens is 396 g/mol. The summed E-state index contributed by atoms with van der Waals surface area (Å²) in [5, 5.41) is 3.23. The first-order valence-electron chi connectivity index (χ1n) is 9.86. The third-order valence-electron chi connectivity index (χ3n) is 4.67. The molecular formula is C24H24N2O5. The van der Waals surface area contributed by atoms with E-state index in [1.807, 2.05) is 59.2 Å². The lowest BCUT2D eigenvalue weighted by molar-refractivity contribution is -0.137. The molecule has 0 fully saturated rings. The second kappa shape index (κ2) is 9.75. The molecule has 1 N–H and O–H groups in total. The average Bonchev–Trinajstić information content (AvgIpc) is 3.06. The number of carbonyl (C=O) groups is 3. The number of rotatable bonds is 7. The van der Waals surface area contributed by atoms with Crippen LogP contribution in [-0.4, -0.2) is 36.1 Å². The fraction of sp³-hybridized carbons (Fsp3) is 0.208. The zero-order valence-corrected chi connectivity index (χ0v) is 17.7. The Bertz CT molecular complexity index is 1150. The highest BCUT2D eigenvalue weighted by Crippen LogP contribution is 2.30. The molecule has 0 aliphatic heterocycles. The number of esters is 2. The highest BCUT2D eigenvalue weighted by atomic mass is 16.5. The van der Waals surface area contributed by atoms with Crippen molar-refractivity contribution in [1.29, 1.82) is 0 Å². The number of amides is 1. The molecule has 0 saturated heterocycles. The standard InChI is InChI=1S/C24H24N2O5/c1-4-31-24(29)22-19(14-20(23(28)30-3)25-16(2)27)18-12-8-9-13-21(18)26(22)15-17-10-6-5-7-11-17/h5-14H,4,15H2,1-3H3,(H,25,27)/b20-14+. The molecule has 7 heteroatoms. The van der Waals surface area contributed by atoms with Gasteiger partial charge in [0.25, 0.3) is 0 Å². The number of benzene rings is 2.